The molecule has 0 bridgehead atoms. The molecular weight excluding hydrogens is 224 g/mol. The van der Waals surface area contributed by atoms with Crippen LogP contribution in [-0.4, -0.2) is 52.8 Å². The van der Waals surface area contributed by atoms with Crippen LogP contribution in [-0.2, 0) is 4.79 Å². The van der Waals surface area contributed by atoms with Crippen molar-refractivity contribution in [2.45, 2.75) is 71.0 Å². The summed E-state index contributed by atoms with van der Waals surface area (Å²) in [6.07, 6.45) is 4.72. The van der Waals surface area contributed by atoms with E-state index in [1.165, 1.54) is 32.4 Å². The first kappa shape index (κ1) is 14.0. The van der Waals surface area contributed by atoms with Crippen LogP contribution in [0.4, 0.5) is 0 Å². The maximum atomic E-state index is 11.7. The normalized spacial score (nSPS) is 28.8. The van der Waals surface area contributed by atoms with Gasteiger partial charge in [0.25, 0.3) is 0 Å². The molecule has 3 nitrogen and oxygen atoms in total. The maximum Gasteiger partial charge on any atom is 0.146 e. The molecule has 0 aliphatic carbocycles. The van der Waals surface area contributed by atoms with Gasteiger partial charge in [-0.3, -0.25) is 14.6 Å². The summed E-state index contributed by atoms with van der Waals surface area (Å²) in [5.74, 6) is 0.366. The molecule has 2 saturated heterocycles. The van der Waals surface area contributed by atoms with E-state index >= 15 is 0 Å². The topological polar surface area (TPSA) is 23.6 Å². The third kappa shape index (κ3) is 2.94. The molecule has 1 atom stereocenters. The minimum absolute atomic E-state index is 0.219. The van der Waals surface area contributed by atoms with Crippen LogP contribution in [0.3, 0.4) is 0 Å². The van der Waals surface area contributed by atoms with Crippen molar-refractivity contribution in [3.8, 4) is 0 Å². The SMILES string of the molecule is CC(=O)C1CCCN1C1CCN(C(C)(C)C)CC1. The predicted molar refractivity (Wildman–Crippen MR) is 74.8 cm³/mol. The molecule has 0 radical (unpaired) electrons. The average molecular weight is 252 g/mol. The number of hydrogen-bond donors (Lipinski definition) is 0. The van der Waals surface area contributed by atoms with E-state index in [4.69, 9.17) is 0 Å². The number of ketones is 1. The molecule has 0 saturated carbocycles. The quantitative estimate of drug-likeness (QED) is 0.753. The Hall–Kier alpha value is -0.410. The molecule has 3 heteroatoms. The molecule has 0 amide bonds. The highest BCUT2D eigenvalue weighted by molar-refractivity contribution is 5.81. The fourth-order valence-corrected chi connectivity index (χ4v) is 3.53. The van der Waals surface area contributed by atoms with E-state index in [0.717, 1.165) is 13.0 Å². The second-order valence-corrected chi connectivity index (χ2v) is 6.90. The van der Waals surface area contributed by atoms with Gasteiger partial charge in [0.15, 0.2) is 0 Å². The summed E-state index contributed by atoms with van der Waals surface area (Å²) in [6.45, 7) is 12.1. The van der Waals surface area contributed by atoms with E-state index in [1.807, 2.05) is 0 Å². The van der Waals surface area contributed by atoms with Crippen LogP contribution in [0.25, 0.3) is 0 Å². The fourth-order valence-electron chi connectivity index (χ4n) is 3.53. The highest BCUT2D eigenvalue weighted by Gasteiger charge is 2.36. The van der Waals surface area contributed by atoms with Gasteiger partial charge in [-0.1, -0.05) is 0 Å². The Morgan fingerprint density at radius 3 is 2.17 bits per heavy atom. The number of Topliss-reactive ketones (excluding diaryl/α,β-unsaturated/α-hetero) is 1. The molecular formula is C15H28N2O. The number of hydrogen-bond acceptors (Lipinski definition) is 3. The van der Waals surface area contributed by atoms with Crippen LogP contribution in [0.15, 0.2) is 0 Å². The van der Waals surface area contributed by atoms with Crippen LogP contribution in [0, 0.1) is 0 Å². The Bertz CT molecular complexity index is 300. The summed E-state index contributed by atoms with van der Waals surface area (Å²) in [4.78, 5) is 16.7. The van der Waals surface area contributed by atoms with Gasteiger partial charge >= 0.3 is 0 Å². The van der Waals surface area contributed by atoms with Crippen LogP contribution < -0.4 is 0 Å². The number of nitrogens with zero attached hydrogens (tertiary/aromatic N) is 2. The molecule has 0 spiro atoms. The van der Waals surface area contributed by atoms with Crippen LogP contribution in [0.5, 0.6) is 0 Å². The number of carbonyl (C=O) groups is 1. The predicted octanol–water partition coefficient (Wildman–Crippen LogP) is 2.30. The van der Waals surface area contributed by atoms with Crippen molar-refractivity contribution in [1.29, 1.82) is 0 Å². The molecule has 104 valence electrons. The lowest BCUT2D eigenvalue weighted by Crippen LogP contribution is -2.52. The summed E-state index contributed by atoms with van der Waals surface area (Å²) < 4.78 is 0. The summed E-state index contributed by atoms with van der Waals surface area (Å²) in [5.41, 5.74) is 0.288. The Morgan fingerprint density at radius 1 is 1.06 bits per heavy atom. The zero-order chi connectivity index (χ0) is 13.3. The van der Waals surface area contributed by atoms with Crippen molar-refractivity contribution in [2.75, 3.05) is 19.6 Å². The lowest BCUT2D eigenvalue weighted by molar-refractivity contribution is -0.122. The molecule has 2 fully saturated rings. The zero-order valence-electron chi connectivity index (χ0n) is 12.4. The van der Waals surface area contributed by atoms with Gasteiger partial charge in [0.2, 0.25) is 0 Å². The second kappa shape index (κ2) is 5.30. The van der Waals surface area contributed by atoms with Gasteiger partial charge in [0.05, 0.1) is 6.04 Å². The molecule has 1 unspecified atom stereocenters. The zero-order valence-corrected chi connectivity index (χ0v) is 12.4. The van der Waals surface area contributed by atoms with E-state index < -0.39 is 0 Å². The van der Waals surface area contributed by atoms with Crippen molar-refractivity contribution in [2.24, 2.45) is 0 Å². The highest BCUT2D eigenvalue weighted by Crippen LogP contribution is 2.28. The van der Waals surface area contributed by atoms with E-state index in [9.17, 15) is 4.79 Å². The first-order valence-corrected chi connectivity index (χ1v) is 7.41. The van der Waals surface area contributed by atoms with Crippen LogP contribution in [0.1, 0.15) is 53.4 Å². The standard InChI is InChI=1S/C15H28N2O/c1-12(18)14-6-5-9-17(14)13-7-10-16(11-8-13)15(2,3)4/h13-14H,5-11H2,1-4H3. The molecule has 2 rings (SSSR count). The second-order valence-electron chi connectivity index (χ2n) is 6.90. The van der Waals surface area contributed by atoms with E-state index in [0.29, 0.717) is 11.8 Å². The van der Waals surface area contributed by atoms with Crippen molar-refractivity contribution >= 4 is 5.78 Å². The van der Waals surface area contributed by atoms with Crippen LogP contribution >= 0.6 is 0 Å². The van der Waals surface area contributed by atoms with Gasteiger partial charge in [-0.15, -0.1) is 0 Å². The van der Waals surface area contributed by atoms with E-state index in [-0.39, 0.29) is 11.6 Å². The average Bonchev–Trinajstić information content (AvgIpc) is 2.77. The maximum absolute atomic E-state index is 11.7. The van der Waals surface area contributed by atoms with Crippen molar-refractivity contribution in [3.05, 3.63) is 0 Å². The van der Waals surface area contributed by atoms with Gasteiger partial charge in [0.1, 0.15) is 5.78 Å². The lowest BCUT2D eigenvalue weighted by Gasteiger charge is -2.44. The number of carbonyl (C=O) groups excluding carboxylic acids is 1. The minimum Gasteiger partial charge on any atom is -0.298 e. The van der Waals surface area contributed by atoms with E-state index in [1.54, 1.807) is 6.92 Å². The molecule has 0 aromatic heterocycles. The Kier molecular flexibility index (Phi) is 4.12. The first-order valence-electron chi connectivity index (χ1n) is 7.41. The van der Waals surface area contributed by atoms with Gasteiger partial charge < -0.3 is 0 Å². The molecule has 2 heterocycles. The monoisotopic (exact) mass is 252 g/mol. The number of piperidine rings is 1. The van der Waals surface area contributed by atoms with Crippen LogP contribution in [0.2, 0.25) is 0 Å². The largest absolute Gasteiger partial charge is 0.298 e. The van der Waals surface area contributed by atoms with Gasteiger partial charge in [-0.25, -0.2) is 0 Å². The first-order chi connectivity index (χ1) is 8.39. The van der Waals surface area contributed by atoms with Crippen molar-refractivity contribution in [1.82, 2.24) is 9.80 Å². The lowest BCUT2D eigenvalue weighted by atomic mass is 9.96. The third-order valence-electron chi connectivity index (χ3n) is 4.65. The highest BCUT2D eigenvalue weighted by atomic mass is 16.1. The Labute approximate surface area is 112 Å². The van der Waals surface area contributed by atoms with E-state index in [2.05, 4.69) is 30.6 Å². The number of rotatable bonds is 2. The summed E-state index contributed by atoms with van der Waals surface area (Å²) in [6, 6.07) is 0.858. The smallest absolute Gasteiger partial charge is 0.146 e. The molecule has 0 aromatic carbocycles. The molecule has 2 aliphatic rings. The minimum atomic E-state index is 0.219. The Balaban J connectivity index is 1.91. The molecule has 18 heavy (non-hydrogen) atoms. The van der Waals surface area contributed by atoms with Gasteiger partial charge in [-0.2, -0.15) is 0 Å². The third-order valence-corrected chi connectivity index (χ3v) is 4.65. The molecule has 0 aromatic rings. The summed E-state index contributed by atoms with van der Waals surface area (Å²) >= 11 is 0. The van der Waals surface area contributed by atoms with Crippen molar-refractivity contribution in [3.63, 3.8) is 0 Å². The fraction of sp³-hybridized carbons (Fsp3) is 0.933. The summed E-state index contributed by atoms with van der Waals surface area (Å²) in [5, 5.41) is 0. The number of likely N-dealkylation sites (tertiary alicyclic amines) is 2. The van der Waals surface area contributed by atoms with Gasteiger partial charge in [0, 0.05) is 24.7 Å². The molecule has 0 N–H and O–H groups in total. The van der Waals surface area contributed by atoms with Gasteiger partial charge in [-0.05, 0) is 59.9 Å². The Morgan fingerprint density at radius 2 is 1.67 bits per heavy atom. The molecule has 2 aliphatic heterocycles. The summed E-state index contributed by atoms with van der Waals surface area (Å²) in [7, 11) is 0. The van der Waals surface area contributed by atoms with Crippen molar-refractivity contribution < 1.29 is 4.79 Å².